The first-order chi connectivity index (χ1) is 39.1. The maximum Gasteiger partial charge on any atom is 0.164 e. The first-order valence-corrected chi connectivity index (χ1v) is 27.6. The molecular weight excluding hydrogens is 955 g/mol. The van der Waals surface area contributed by atoms with E-state index in [1.807, 2.05) is 0 Å². The Morgan fingerprint density at radius 3 is 0.835 bits per heavy atom. The van der Waals surface area contributed by atoms with Crippen LogP contribution in [0, 0.1) is 0 Å². The van der Waals surface area contributed by atoms with E-state index >= 15 is 0 Å². The van der Waals surface area contributed by atoms with Crippen LogP contribution >= 0.6 is 0 Å². The quantitative estimate of drug-likeness (QED) is 0.122. The van der Waals surface area contributed by atoms with Crippen molar-refractivity contribution in [3.63, 3.8) is 0 Å². The van der Waals surface area contributed by atoms with Gasteiger partial charge in [0.05, 0.1) is 0 Å². The van der Waals surface area contributed by atoms with Crippen LogP contribution in [0.25, 0.3) is 112 Å². The summed E-state index contributed by atoms with van der Waals surface area (Å²) < 4.78 is 0. The molecule has 0 saturated carbocycles. The zero-order chi connectivity index (χ0) is 52.7. The number of hydrogen-bond acceptors (Lipinski definition) is 3. The van der Waals surface area contributed by atoms with Crippen LogP contribution in [-0.2, 0) is 0 Å². The van der Waals surface area contributed by atoms with E-state index in [4.69, 9.17) is 15.0 Å². The minimum atomic E-state index is 0.373. The summed E-state index contributed by atoms with van der Waals surface area (Å²) in [7, 11) is 0. The van der Waals surface area contributed by atoms with Crippen molar-refractivity contribution in [1.29, 1.82) is 0 Å². The normalized spacial score (nSPS) is 14.1. The highest BCUT2D eigenvalue weighted by atomic mass is 15.0. The Bertz CT molecular complexity index is 3820. The standard InChI is InChI=1S/C76H57N3/c1-2-6-12-53(11-5-1)56-17-23-59(24-18-56)62-29-35-65(36-30-62)68-41-47-71(48-42-68)74-77-75(72-49-43-69(44-50-72)66-37-31-63(32-38-66)60-25-19-57(20-26-60)54-13-7-3-8-14-54)79-76(78-74)73-51-45-70(46-52-73)67-39-33-64(34-40-67)61-27-21-58(22-28-61)55-15-9-4-10-16-55/h3-5,7-23,25-52,59H,1-2,6,24H2. The topological polar surface area (TPSA) is 38.7 Å². The molecule has 0 aliphatic heterocycles. The molecule has 0 bridgehead atoms. The van der Waals surface area contributed by atoms with Crippen molar-refractivity contribution in [3.05, 3.63) is 308 Å². The summed E-state index contributed by atoms with van der Waals surface area (Å²) in [6, 6.07) is 91.0. The van der Waals surface area contributed by atoms with Crippen LogP contribution in [0.3, 0.4) is 0 Å². The molecule has 376 valence electrons. The fourth-order valence-corrected chi connectivity index (χ4v) is 10.9. The van der Waals surface area contributed by atoms with Gasteiger partial charge in [0.25, 0.3) is 0 Å². The molecule has 0 N–H and O–H groups in total. The predicted molar refractivity (Wildman–Crippen MR) is 330 cm³/mol. The molecule has 1 aromatic heterocycles. The second-order valence-corrected chi connectivity index (χ2v) is 20.6. The second kappa shape index (κ2) is 22.4. The van der Waals surface area contributed by atoms with Crippen LogP contribution < -0.4 is 0 Å². The van der Waals surface area contributed by atoms with Crippen molar-refractivity contribution in [2.75, 3.05) is 0 Å². The van der Waals surface area contributed by atoms with Gasteiger partial charge in [-0.15, -0.1) is 0 Å². The molecule has 0 spiro atoms. The first-order valence-electron chi connectivity index (χ1n) is 27.6. The molecule has 0 fully saturated rings. The summed E-state index contributed by atoms with van der Waals surface area (Å²) in [6.07, 6.45) is 18.6. The Kier molecular flexibility index (Phi) is 13.8. The van der Waals surface area contributed by atoms with Crippen LogP contribution in [0.15, 0.2) is 302 Å². The third-order valence-corrected chi connectivity index (χ3v) is 15.5. The molecule has 3 nitrogen and oxygen atoms in total. The number of rotatable bonds is 12. The number of nitrogens with zero attached hydrogens (tertiary/aromatic N) is 3. The summed E-state index contributed by atoms with van der Waals surface area (Å²) in [5, 5.41) is 0. The van der Waals surface area contributed by atoms with Gasteiger partial charge >= 0.3 is 0 Å². The SMILES string of the molecule is C1=CC(C2=CCC(c3ccc(-c4ccc(-c5nc(-c6ccc(-c7ccc(-c8ccc(-c9ccccc9)cc8)cc7)cc6)nc(-c6ccc(-c7ccc(-c8ccc(-c9ccccc9)cc8)cc7)cc6)n5)cc4)cc3)C=C2)=CCCC1. The van der Waals surface area contributed by atoms with Crippen molar-refractivity contribution in [3.8, 4) is 112 Å². The Labute approximate surface area is 464 Å². The maximum atomic E-state index is 5.16. The van der Waals surface area contributed by atoms with Crippen LogP contribution in [0.2, 0.25) is 0 Å². The number of hydrogen-bond donors (Lipinski definition) is 0. The van der Waals surface area contributed by atoms with E-state index in [9.17, 15) is 0 Å². The van der Waals surface area contributed by atoms with E-state index in [0.717, 1.165) is 63.8 Å². The van der Waals surface area contributed by atoms with Crippen LogP contribution in [0.4, 0.5) is 0 Å². The molecule has 0 saturated heterocycles. The van der Waals surface area contributed by atoms with Crippen molar-refractivity contribution in [2.45, 2.75) is 31.6 Å². The summed E-state index contributed by atoms with van der Waals surface area (Å²) in [4.78, 5) is 15.5. The first kappa shape index (κ1) is 48.8. The lowest BCUT2D eigenvalue weighted by Crippen LogP contribution is -2.00. The fourth-order valence-electron chi connectivity index (χ4n) is 10.9. The molecule has 2 aliphatic rings. The monoisotopic (exact) mass is 1010 g/mol. The molecular formula is C76H57N3. The molecule has 13 rings (SSSR count). The Morgan fingerprint density at radius 2 is 0.532 bits per heavy atom. The van der Waals surface area contributed by atoms with E-state index in [1.54, 1.807) is 0 Å². The summed E-state index contributed by atoms with van der Waals surface area (Å²) >= 11 is 0. The fraction of sp³-hybridized carbons (Fsp3) is 0.0658. The molecule has 1 atom stereocenters. The van der Waals surface area contributed by atoms with Crippen LogP contribution in [-0.4, -0.2) is 15.0 Å². The minimum Gasteiger partial charge on any atom is -0.208 e. The Balaban J connectivity index is 0.754. The van der Waals surface area contributed by atoms with Crippen LogP contribution in [0.1, 0.15) is 37.2 Å². The number of benzene rings is 10. The van der Waals surface area contributed by atoms with Gasteiger partial charge in [0.15, 0.2) is 17.5 Å². The molecule has 0 radical (unpaired) electrons. The number of aromatic nitrogens is 3. The van der Waals surface area contributed by atoms with E-state index in [1.165, 1.54) is 73.2 Å². The van der Waals surface area contributed by atoms with E-state index < -0.39 is 0 Å². The van der Waals surface area contributed by atoms with Gasteiger partial charge in [-0.2, -0.15) is 0 Å². The van der Waals surface area contributed by atoms with Crippen LogP contribution in [0.5, 0.6) is 0 Å². The molecule has 2 aliphatic carbocycles. The zero-order valence-electron chi connectivity index (χ0n) is 44.0. The minimum absolute atomic E-state index is 0.373. The summed E-state index contributed by atoms with van der Waals surface area (Å²) in [5.74, 6) is 2.25. The van der Waals surface area contributed by atoms with Crippen molar-refractivity contribution < 1.29 is 0 Å². The van der Waals surface area contributed by atoms with Gasteiger partial charge in [0.1, 0.15) is 0 Å². The highest BCUT2D eigenvalue weighted by molar-refractivity contribution is 5.78. The molecule has 3 heteroatoms. The largest absolute Gasteiger partial charge is 0.208 e. The second-order valence-electron chi connectivity index (χ2n) is 20.6. The zero-order valence-corrected chi connectivity index (χ0v) is 44.0. The lowest BCUT2D eigenvalue weighted by atomic mass is 9.87. The maximum absolute atomic E-state index is 5.16. The lowest BCUT2D eigenvalue weighted by molar-refractivity contribution is 0.846. The third-order valence-electron chi connectivity index (χ3n) is 15.5. The molecule has 10 aromatic carbocycles. The van der Waals surface area contributed by atoms with E-state index in [-0.39, 0.29) is 0 Å². The Morgan fingerprint density at radius 1 is 0.253 bits per heavy atom. The van der Waals surface area contributed by atoms with Crippen molar-refractivity contribution in [1.82, 2.24) is 15.0 Å². The number of allylic oxidation sites excluding steroid dienone is 8. The summed E-state index contributed by atoms with van der Waals surface area (Å²) in [6.45, 7) is 0. The van der Waals surface area contributed by atoms with Gasteiger partial charge in [0.2, 0.25) is 0 Å². The molecule has 79 heavy (non-hydrogen) atoms. The van der Waals surface area contributed by atoms with Crippen molar-refractivity contribution >= 4 is 0 Å². The van der Waals surface area contributed by atoms with Crippen molar-refractivity contribution in [2.24, 2.45) is 0 Å². The van der Waals surface area contributed by atoms with Gasteiger partial charge in [0, 0.05) is 22.6 Å². The third kappa shape index (κ3) is 10.9. The van der Waals surface area contributed by atoms with E-state index in [2.05, 4.69) is 291 Å². The molecule has 1 heterocycles. The Hall–Kier alpha value is -9.83. The highest BCUT2D eigenvalue weighted by Crippen LogP contribution is 2.35. The smallest absolute Gasteiger partial charge is 0.164 e. The molecule has 11 aromatic rings. The van der Waals surface area contributed by atoms with E-state index in [0.29, 0.717) is 23.4 Å². The van der Waals surface area contributed by atoms with Gasteiger partial charge in [-0.05, 0) is 120 Å². The molecule has 0 amide bonds. The average molecular weight is 1010 g/mol. The predicted octanol–water partition coefficient (Wildman–Crippen LogP) is 20.2. The average Bonchev–Trinajstić information content (AvgIpc) is 3.90. The highest BCUT2D eigenvalue weighted by Gasteiger charge is 2.16. The van der Waals surface area contributed by atoms with Gasteiger partial charge in [-0.3, -0.25) is 0 Å². The van der Waals surface area contributed by atoms with Gasteiger partial charge < -0.3 is 0 Å². The lowest BCUT2D eigenvalue weighted by Gasteiger charge is -2.18. The van der Waals surface area contributed by atoms with Gasteiger partial charge in [-0.1, -0.05) is 291 Å². The summed E-state index contributed by atoms with van der Waals surface area (Å²) in [5.41, 5.74) is 23.3. The van der Waals surface area contributed by atoms with Gasteiger partial charge in [-0.25, -0.2) is 15.0 Å². The molecule has 1 unspecified atom stereocenters.